The van der Waals surface area contributed by atoms with Crippen molar-refractivity contribution < 1.29 is 27.9 Å². The van der Waals surface area contributed by atoms with E-state index < -0.39 is 23.6 Å². The molecule has 22 heavy (non-hydrogen) atoms. The Hall–Kier alpha value is -2.05. The van der Waals surface area contributed by atoms with Crippen LogP contribution in [-0.4, -0.2) is 23.5 Å². The number of carbonyl (C=O) groups excluding carboxylic acids is 1. The van der Waals surface area contributed by atoms with Gasteiger partial charge in [-0.05, 0) is 24.5 Å². The third kappa shape index (κ3) is 6.60. The van der Waals surface area contributed by atoms with E-state index in [0.29, 0.717) is 25.8 Å². The SMILES string of the molecule is O=C(O)CCCCCNC(=O)Cc1ccccc1C(F)(F)F. The number of nitrogens with one attached hydrogen (secondary N) is 1. The number of amides is 1. The number of hydrogen-bond acceptors (Lipinski definition) is 2. The van der Waals surface area contributed by atoms with Crippen LogP contribution in [-0.2, 0) is 22.2 Å². The predicted molar refractivity (Wildman–Crippen MR) is 74.3 cm³/mol. The molecule has 2 N–H and O–H groups in total. The van der Waals surface area contributed by atoms with Gasteiger partial charge in [0.1, 0.15) is 0 Å². The first-order chi connectivity index (χ1) is 10.3. The average molecular weight is 317 g/mol. The molecule has 1 amide bonds. The number of alkyl halides is 3. The predicted octanol–water partition coefficient (Wildman–Crippen LogP) is 3.01. The van der Waals surface area contributed by atoms with Gasteiger partial charge in [0, 0.05) is 13.0 Å². The summed E-state index contributed by atoms with van der Waals surface area (Å²) in [6.45, 7) is 0.326. The van der Waals surface area contributed by atoms with Crippen LogP contribution in [0.1, 0.15) is 36.8 Å². The molecule has 0 saturated carbocycles. The highest BCUT2D eigenvalue weighted by Gasteiger charge is 2.33. The van der Waals surface area contributed by atoms with Crippen molar-refractivity contribution in [2.75, 3.05) is 6.54 Å². The molecule has 0 heterocycles. The molecule has 0 aliphatic heterocycles. The summed E-state index contributed by atoms with van der Waals surface area (Å²) in [5.74, 6) is -1.34. The molecule has 0 aromatic heterocycles. The summed E-state index contributed by atoms with van der Waals surface area (Å²) >= 11 is 0. The minimum Gasteiger partial charge on any atom is -0.481 e. The minimum absolute atomic E-state index is 0.0571. The van der Waals surface area contributed by atoms with E-state index in [1.165, 1.54) is 18.2 Å². The topological polar surface area (TPSA) is 66.4 Å². The summed E-state index contributed by atoms with van der Waals surface area (Å²) in [5, 5.41) is 11.0. The maximum Gasteiger partial charge on any atom is 0.416 e. The van der Waals surface area contributed by atoms with Gasteiger partial charge in [0.05, 0.1) is 12.0 Å². The van der Waals surface area contributed by atoms with E-state index >= 15 is 0 Å². The van der Waals surface area contributed by atoms with Crippen LogP contribution in [0.2, 0.25) is 0 Å². The Labute approximate surface area is 126 Å². The lowest BCUT2D eigenvalue weighted by Gasteiger charge is -2.12. The Kier molecular flexibility index (Phi) is 6.88. The quantitative estimate of drug-likeness (QED) is 0.724. The van der Waals surface area contributed by atoms with Crippen molar-refractivity contribution in [1.82, 2.24) is 5.32 Å². The number of carbonyl (C=O) groups is 2. The highest BCUT2D eigenvalue weighted by Crippen LogP contribution is 2.31. The van der Waals surface area contributed by atoms with Crippen molar-refractivity contribution in [3.05, 3.63) is 35.4 Å². The number of benzene rings is 1. The zero-order valence-electron chi connectivity index (χ0n) is 11.9. The first kappa shape index (κ1) is 18.0. The van der Waals surface area contributed by atoms with E-state index in [1.807, 2.05) is 0 Å². The molecule has 7 heteroatoms. The maximum absolute atomic E-state index is 12.8. The van der Waals surface area contributed by atoms with Crippen molar-refractivity contribution in [2.45, 2.75) is 38.3 Å². The van der Waals surface area contributed by atoms with E-state index in [1.54, 1.807) is 0 Å². The van der Waals surface area contributed by atoms with Crippen molar-refractivity contribution >= 4 is 11.9 Å². The Bertz CT molecular complexity index is 515. The lowest BCUT2D eigenvalue weighted by Crippen LogP contribution is -2.27. The van der Waals surface area contributed by atoms with Crippen molar-refractivity contribution in [3.8, 4) is 0 Å². The first-order valence-electron chi connectivity index (χ1n) is 6.94. The molecule has 4 nitrogen and oxygen atoms in total. The number of carboxylic acid groups (broad SMARTS) is 1. The Morgan fingerprint density at radius 3 is 2.41 bits per heavy atom. The van der Waals surface area contributed by atoms with Gasteiger partial charge in [-0.2, -0.15) is 13.2 Å². The first-order valence-corrected chi connectivity index (χ1v) is 6.94. The second kappa shape index (κ2) is 8.41. The monoisotopic (exact) mass is 317 g/mol. The molecule has 0 unspecified atom stereocenters. The molecule has 1 aromatic rings. The van der Waals surface area contributed by atoms with Crippen molar-refractivity contribution in [2.24, 2.45) is 0 Å². The third-order valence-corrected chi connectivity index (χ3v) is 3.06. The van der Waals surface area contributed by atoms with E-state index in [2.05, 4.69) is 5.32 Å². The molecule has 0 aliphatic carbocycles. The molecular weight excluding hydrogens is 299 g/mol. The lowest BCUT2D eigenvalue weighted by molar-refractivity contribution is -0.139. The highest BCUT2D eigenvalue weighted by atomic mass is 19.4. The van der Waals surface area contributed by atoms with Crippen LogP contribution in [0.3, 0.4) is 0 Å². The molecule has 0 aliphatic rings. The van der Waals surface area contributed by atoms with Crippen LogP contribution >= 0.6 is 0 Å². The fraction of sp³-hybridized carbons (Fsp3) is 0.467. The van der Waals surface area contributed by atoms with Crippen LogP contribution in [0.4, 0.5) is 13.2 Å². The molecule has 0 spiro atoms. The molecule has 0 bridgehead atoms. The molecule has 0 fully saturated rings. The second-order valence-corrected chi connectivity index (χ2v) is 4.89. The van der Waals surface area contributed by atoms with Crippen LogP contribution in [0.15, 0.2) is 24.3 Å². The molecule has 0 saturated heterocycles. The maximum atomic E-state index is 12.8. The van der Waals surface area contributed by atoms with Crippen LogP contribution < -0.4 is 5.32 Å². The fourth-order valence-electron chi connectivity index (χ4n) is 1.99. The van der Waals surface area contributed by atoms with Gasteiger partial charge in [-0.3, -0.25) is 9.59 Å². The number of aliphatic carboxylic acids is 1. The van der Waals surface area contributed by atoms with Gasteiger partial charge >= 0.3 is 12.1 Å². The van der Waals surface area contributed by atoms with E-state index in [9.17, 15) is 22.8 Å². The summed E-state index contributed by atoms with van der Waals surface area (Å²) in [4.78, 5) is 22.0. The Morgan fingerprint density at radius 2 is 1.77 bits per heavy atom. The molecule has 0 atom stereocenters. The third-order valence-electron chi connectivity index (χ3n) is 3.06. The molecular formula is C15H18F3NO3. The van der Waals surface area contributed by atoms with Gasteiger partial charge in [-0.15, -0.1) is 0 Å². The minimum atomic E-state index is -4.48. The number of carboxylic acids is 1. The van der Waals surface area contributed by atoms with E-state index in [4.69, 9.17) is 5.11 Å². The van der Waals surface area contributed by atoms with Gasteiger partial charge in [-0.25, -0.2) is 0 Å². The molecule has 1 aromatic carbocycles. The zero-order chi connectivity index (χ0) is 16.6. The van der Waals surface area contributed by atoms with Gasteiger partial charge < -0.3 is 10.4 Å². The standard InChI is InChI=1S/C15H18F3NO3/c16-15(17,18)12-7-4-3-6-11(12)10-13(20)19-9-5-1-2-8-14(21)22/h3-4,6-7H,1-2,5,8-10H2,(H,19,20)(H,21,22). The van der Waals surface area contributed by atoms with Crippen molar-refractivity contribution in [3.63, 3.8) is 0 Å². The molecule has 0 radical (unpaired) electrons. The van der Waals surface area contributed by atoms with Crippen LogP contribution in [0.25, 0.3) is 0 Å². The second-order valence-electron chi connectivity index (χ2n) is 4.89. The van der Waals surface area contributed by atoms with Crippen LogP contribution in [0.5, 0.6) is 0 Å². The number of hydrogen-bond donors (Lipinski definition) is 2. The largest absolute Gasteiger partial charge is 0.481 e. The van der Waals surface area contributed by atoms with Gasteiger partial charge in [0.25, 0.3) is 0 Å². The highest BCUT2D eigenvalue weighted by molar-refractivity contribution is 5.78. The smallest absolute Gasteiger partial charge is 0.416 e. The average Bonchev–Trinajstić information content (AvgIpc) is 2.41. The summed E-state index contributed by atoms with van der Waals surface area (Å²) in [7, 11) is 0. The summed E-state index contributed by atoms with van der Waals surface area (Å²) < 4.78 is 38.3. The van der Waals surface area contributed by atoms with Gasteiger partial charge in [0.2, 0.25) is 5.91 Å². The van der Waals surface area contributed by atoms with E-state index in [-0.39, 0.29) is 18.4 Å². The number of rotatable bonds is 8. The summed E-state index contributed by atoms with van der Waals surface area (Å²) in [6.07, 6.45) is -2.97. The number of unbranched alkanes of at least 4 members (excludes halogenated alkanes) is 2. The van der Waals surface area contributed by atoms with E-state index in [0.717, 1.165) is 6.07 Å². The Balaban J connectivity index is 2.38. The number of halogens is 3. The molecule has 1 rings (SSSR count). The summed E-state index contributed by atoms with van der Waals surface area (Å²) in [5.41, 5.74) is -0.856. The van der Waals surface area contributed by atoms with Gasteiger partial charge in [-0.1, -0.05) is 24.6 Å². The zero-order valence-corrected chi connectivity index (χ0v) is 11.9. The lowest BCUT2D eigenvalue weighted by atomic mass is 10.0. The van der Waals surface area contributed by atoms with Gasteiger partial charge in [0.15, 0.2) is 0 Å². The Morgan fingerprint density at radius 1 is 1.09 bits per heavy atom. The normalized spacial score (nSPS) is 11.2. The van der Waals surface area contributed by atoms with Crippen LogP contribution in [0, 0.1) is 0 Å². The fourth-order valence-corrected chi connectivity index (χ4v) is 1.99. The van der Waals surface area contributed by atoms with Crippen molar-refractivity contribution in [1.29, 1.82) is 0 Å². The molecule has 122 valence electrons. The summed E-state index contributed by atoms with van der Waals surface area (Å²) in [6, 6.07) is 4.99.